The third-order valence-corrected chi connectivity index (χ3v) is 5.02. The van der Waals surface area contributed by atoms with Gasteiger partial charge in [0.25, 0.3) is 0 Å². The third-order valence-electron chi connectivity index (χ3n) is 3.14. The maximum absolute atomic E-state index is 12.5. The molecule has 0 fully saturated rings. The second-order valence-electron chi connectivity index (χ2n) is 5.02. The number of benzene rings is 2. The van der Waals surface area contributed by atoms with Crippen molar-refractivity contribution in [2.24, 2.45) is 4.53 Å². The van der Waals surface area contributed by atoms with E-state index < -0.39 is 26.8 Å². The van der Waals surface area contributed by atoms with Gasteiger partial charge in [0, 0.05) is 16.7 Å². The molecule has 0 aliphatic rings. The maximum Gasteiger partial charge on any atom is 0.416 e. The summed E-state index contributed by atoms with van der Waals surface area (Å²) in [4.78, 5) is -0.378. The number of nitriles is 1. The predicted molar refractivity (Wildman–Crippen MR) is 90.4 cm³/mol. The Kier molecular flexibility index (Phi) is 5.97. The fraction of sp³-hybridized carbons (Fsp3) is 0.125. The van der Waals surface area contributed by atoms with Gasteiger partial charge in [0.1, 0.15) is 10.9 Å². The lowest BCUT2D eigenvalue weighted by Gasteiger charge is -2.06. The summed E-state index contributed by atoms with van der Waals surface area (Å²) in [6.07, 6.45) is -4.58. The van der Waals surface area contributed by atoms with Crippen LogP contribution in [0.1, 0.15) is 16.7 Å². The van der Waals surface area contributed by atoms with Crippen LogP contribution in [0.15, 0.2) is 58.0 Å². The molecule has 0 aliphatic heterocycles. The molecule has 0 heterocycles. The van der Waals surface area contributed by atoms with Gasteiger partial charge in [-0.25, -0.2) is 0 Å². The molecular formula is C16H11F3N2O3S2. The van der Waals surface area contributed by atoms with E-state index in [1.54, 1.807) is 24.3 Å². The predicted octanol–water partition coefficient (Wildman–Crippen LogP) is 3.64. The topological polar surface area (TPSA) is 79.5 Å². The molecule has 136 valence electrons. The van der Waals surface area contributed by atoms with Gasteiger partial charge in [0.2, 0.25) is 0 Å². The fourth-order valence-corrected chi connectivity index (χ4v) is 3.14. The Morgan fingerprint density at radius 3 is 2.19 bits per heavy atom. The lowest BCUT2D eigenvalue weighted by atomic mass is 10.1. The fourth-order valence-electron chi connectivity index (χ4n) is 1.79. The average Bonchev–Trinajstić information content (AvgIpc) is 2.59. The van der Waals surface area contributed by atoms with Gasteiger partial charge in [-0.05, 0) is 31.2 Å². The van der Waals surface area contributed by atoms with Crippen molar-refractivity contribution < 1.29 is 25.9 Å². The highest BCUT2D eigenvalue weighted by atomic mass is 32.2. The molecule has 0 radical (unpaired) electrons. The highest BCUT2D eigenvalue weighted by Gasteiger charge is 2.30. The molecule has 2 rings (SSSR count). The minimum atomic E-state index is -4.58. The van der Waals surface area contributed by atoms with Crippen molar-refractivity contribution in [3.63, 3.8) is 0 Å². The van der Waals surface area contributed by atoms with Crippen LogP contribution in [-0.2, 0) is 31.7 Å². The van der Waals surface area contributed by atoms with Crippen LogP contribution in [0.2, 0.25) is 0 Å². The van der Waals surface area contributed by atoms with Crippen LogP contribution in [-0.4, -0.2) is 13.3 Å². The summed E-state index contributed by atoms with van der Waals surface area (Å²) >= 11 is 0.509. The first kappa shape index (κ1) is 19.8. The second kappa shape index (κ2) is 7.82. The summed E-state index contributed by atoms with van der Waals surface area (Å²) in [5.74, 6) is 0. The Balaban J connectivity index is 2.24. The number of hydrogen-bond acceptors (Lipinski definition) is 5. The van der Waals surface area contributed by atoms with Gasteiger partial charge in [-0.2, -0.15) is 26.9 Å². The van der Waals surface area contributed by atoms with Crippen molar-refractivity contribution in [2.45, 2.75) is 18.0 Å². The monoisotopic (exact) mass is 400 g/mol. The molecule has 0 amide bonds. The number of halogens is 3. The number of aryl methyl sites for hydroxylation is 1. The van der Waals surface area contributed by atoms with Crippen LogP contribution >= 0.6 is 0 Å². The van der Waals surface area contributed by atoms with Crippen LogP contribution in [0.4, 0.5) is 13.2 Å². The molecule has 0 spiro atoms. The summed E-state index contributed by atoms with van der Waals surface area (Å²) in [6, 6.07) is 11.5. The van der Waals surface area contributed by atoms with Crippen molar-refractivity contribution in [3.05, 3.63) is 65.2 Å². The molecule has 0 aliphatic carbocycles. The van der Waals surface area contributed by atoms with E-state index in [1.165, 1.54) is 0 Å². The van der Waals surface area contributed by atoms with E-state index in [2.05, 4.69) is 8.81 Å². The number of rotatable bonds is 4. The quantitative estimate of drug-likeness (QED) is 0.446. The standard InChI is InChI=1S/C16H11F3N2O3S2/c1-11-2-4-12(5-3-11)15(10-20)25-21-24-26(22,23)14-8-6-13(7-9-14)16(17,18)19/h2-9H,1H3. The second-order valence-corrected chi connectivity index (χ2v) is 7.29. The van der Waals surface area contributed by atoms with Crippen LogP contribution in [0.25, 0.3) is 0 Å². The normalized spacial score (nSPS) is 11.5. The first-order valence-electron chi connectivity index (χ1n) is 6.96. The minimum absolute atomic E-state index is 0.104. The van der Waals surface area contributed by atoms with Crippen LogP contribution in [0, 0.1) is 18.3 Å². The molecule has 0 saturated heterocycles. The molecule has 0 atom stereocenters. The van der Waals surface area contributed by atoms with Crippen LogP contribution < -0.4 is 0 Å². The molecule has 2 aromatic rings. The summed E-state index contributed by atoms with van der Waals surface area (Å²) in [5, 5.41) is 9.12. The molecule has 26 heavy (non-hydrogen) atoms. The first-order chi connectivity index (χ1) is 12.1. The van der Waals surface area contributed by atoms with Gasteiger partial charge in [0.15, 0.2) is 0 Å². The van der Waals surface area contributed by atoms with E-state index in [0.29, 0.717) is 28.8 Å². The summed E-state index contributed by atoms with van der Waals surface area (Å²) in [6.45, 7) is 1.87. The van der Waals surface area contributed by atoms with E-state index in [0.717, 1.165) is 17.7 Å². The third kappa shape index (κ3) is 5.01. The van der Waals surface area contributed by atoms with Crippen LogP contribution in [0.5, 0.6) is 0 Å². The number of alkyl halides is 3. The number of hydrogen-bond donors (Lipinski definition) is 0. The molecule has 5 nitrogen and oxygen atoms in total. The summed E-state index contributed by atoms with van der Waals surface area (Å²) in [5.41, 5.74) is 0.527. The smallest absolute Gasteiger partial charge is 0.192 e. The average molecular weight is 400 g/mol. The Morgan fingerprint density at radius 1 is 1.12 bits per heavy atom. The van der Waals surface area contributed by atoms with Crippen molar-refractivity contribution in [1.29, 1.82) is 5.26 Å². The van der Waals surface area contributed by atoms with E-state index in [9.17, 15) is 21.6 Å². The lowest BCUT2D eigenvalue weighted by Crippen LogP contribution is -2.07. The summed E-state index contributed by atoms with van der Waals surface area (Å²) in [7, 11) is -4.39. The Labute approximate surface area is 151 Å². The van der Waals surface area contributed by atoms with E-state index in [1.807, 2.05) is 13.0 Å². The van der Waals surface area contributed by atoms with Crippen molar-refractivity contribution in [2.75, 3.05) is 0 Å². The molecule has 0 saturated carbocycles. The highest BCUT2D eigenvalue weighted by Crippen LogP contribution is 2.29. The van der Waals surface area contributed by atoms with Gasteiger partial charge in [0.05, 0.1) is 10.5 Å². The zero-order chi connectivity index (χ0) is 19.4. The molecule has 0 bridgehead atoms. The number of nitrogens with zero attached hydrogens (tertiary/aromatic N) is 2. The molecule has 2 aromatic carbocycles. The van der Waals surface area contributed by atoms with E-state index >= 15 is 0 Å². The van der Waals surface area contributed by atoms with Crippen LogP contribution in [0.3, 0.4) is 0 Å². The largest absolute Gasteiger partial charge is 0.416 e. The van der Waals surface area contributed by atoms with Gasteiger partial charge >= 0.3 is 16.3 Å². The Hall–Kier alpha value is -2.48. The zero-order valence-electron chi connectivity index (χ0n) is 13.2. The Morgan fingerprint density at radius 2 is 1.69 bits per heavy atom. The van der Waals surface area contributed by atoms with Gasteiger partial charge in [-0.1, -0.05) is 34.4 Å². The molecule has 0 N–H and O–H groups in total. The molecule has 0 unspecified atom stereocenters. The van der Waals surface area contributed by atoms with Gasteiger partial charge in [-0.15, -0.1) is 4.28 Å². The maximum atomic E-state index is 12.5. The van der Waals surface area contributed by atoms with E-state index in [4.69, 9.17) is 5.26 Å². The molecular weight excluding hydrogens is 389 g/mol. The molecule has 0 aromatic heterocycles. The van der Waals surface area contributed by atoms with Gasteiger partial charge in [-0.3, -0.25) is 0 Å². The van der Waals surface area contributed by atoms with Gasteiger partial charge < -0.3 is 0 Å². The lowest BCUT2D eigenvalue weighted by molar-refractivity contribution is -0.137. The Bertz CT molecular complexity index is 1000. The first-order valence-corrected chi connectivity index (χ1v) is 9.14. The summed E-state index contributed by atoms with van der Waals surface area (Å²) < 4.78 is 69.1. The SMILES string of the molecule is Cc1ccc(C(C#N)=S=NOS(=O)(=O)c2ccc(C(F)(F)F)cc2)cc1. The highest BCUT2D eigenvalue weighted by molar-refractivity contribution is 7.87. The van der Waals surface area contributed by atoms with Crippen molar-refractivity contribution in [3.8, 4) is 6.07 Å². The zero-order valence-corrected chi connectivity index (χ0v) is 14.8. The van der Waals surface area contributed by atoms with Crippen molar-refractivity contribution in [1.82, 2.24) is 0 Å². The van der Waals surface area contributed by atoms with E-state index in [-0.39, 0.29) is 4.86 Å². The minimum Gasteiger partial charge on any atom is -0.192 e. The van der Waals surface area contributed by atoms with Crippen molar-refractivity contribution >= 4 is 26.1 Å². The molecule has 10 heteroatoms.